The molecule has 0 saturated carbocycles. The van der Waals surface area contributed by atoms with Crippen LogP contribution in [0, 0.1) is 0 Å². The Bertz CT molecular complexity index is 675. The number of hydrogen-bond acceptors (Lipinski definition) is 7. The third-order valence-corrected chi connectivity index (χ3v) is 5.33. The number of amides is 1. The van der Waals surface area contributed by atoms with Crippen molar-refractivity contribution in [2.24, 2.45) is 0 Å². The lowest BCUT2D eigenvalue weighted by atomic mass is 10.2. The molecule has 0 aliphatic carbocycles. The van der Waals surface area contributed by atoms with Crippen molar-refractivity contribution < 1.29 is 13.2 Å². The molecule has 1 saturated heterocycles. The van der Waals surface area contributed by atoms with Crippen molar-refractivity contribution in [3.8, 4) is 0 Å². The van der Waals surface area contributed by atoms with Crippen LogP contribution in [0.2, 0.25) is 0 Å². The van der Waals surface area contributed by atoms with Crippen molar-refractivity contribution in [1.29, 1.82) is 0 Å². The SMILES string of the molecule is O=C(NC1CCS(=O)(=O)C1)c1nn2cnnc2s1. The second kappa shape index (κ2) is 3.99. The number of aromatic nitrogens is 4. The van der Waals surface area contributed by atoms with Crippen LogP contribution in [0.3, 0.4) is 0 Å². The maximum absolute atomic E-state index is 11.9. The Balaban J connectivity index is 1.74. The van der Waals surface area contributed by atoms with E-state index in [0.29, 0.717) is 11.4 Å². The lowest BCUT2D eigenvalue weighted by molar-refractivity contribution is 0.0939. The first-order chi connectivity index (χ1) is 8.53. The zero-order valence-electron chi connectivity index (χ0n) is 9.11. The summed E-state index contributed by atoms with van der Waals surface area (Å²) in [5.74, 6) is -0.237. The van der Waals surface area contributed by atoms with Crippen molar-refractivity contribution in [3.63, 3.8) is 0 Å². The zero-order valence-corrected chi connectivity index (χ0v) is 10.7. The molecule has 1 aliphatic heterocycles. The summed E-state index contributed by atoms with van der Waals surface area (Å²) >= 11 is 1.11. The molecule has 0 bridgehead atoms. The highest BCUT2D eigenvalue weighted by atomic mass is 32.2. The summed E-state index contributed by atoms with van der Waals surface area (Å²) in [6, 6.07) is -0.322. The monoisotopic (exact) mass is 287 g/mol. The van der Waals surface area contributed by atoms with Gasteiger partial charge in [-0.25, -0.2) is 8.42 Å². The smallest absolute Gasteiger partial charge is 0.282 e. The van der Waals surface area contributed by atoms with Gasteiger partial charge < -0.3 is 5.32 Å². The Morgan fingerprint density at radius 1 is 1.56 bits per heavy atom. The molecule has 3 rings (SSSR count). The average Bonchev–Trinajstić information content (AvgIpc) is 2.91. The summed E-state index contributed by atoms with van der Waals surface area (Å²) in [5, 5.41) is 14.3. The molecule has 10 heteroatoms. The number of carbonyl (C=O) groups is 1. The van der Waals surface area contributed by atoms with Gasteiger partial charge in [-0.3, -0.25) is 4.79 Å². The fourth-order valence-corrected chi connectivity index (χ4v) is 4.20. The van der Waals surface area contributed by atoms with Gasteiger partial charge >= 0.3 is 0 Å². The summed E-state index contributed by atoms with van der Waals surface area (Å²) in [7, 11) is -3.00. The van der Waals surface area contributed by atoms with Gasteiger partial charge in [-0.05, 0) is 6.42 Å². The van der Waals surface area contributed by atoms with E-state index < -0.39 is 9.84 Å². The predicted octanol–water partition coefficient (Wildman–Crippen LogP) is -0.897. The molecule has 0 aromatic carbocycles. The van der Waals surface area contributed by atoms with Crippen LogP contribution in [0.4, 0.5) is 0 Å². The van der Waals surface area contributed by atoms with E-state index in [9.17, 15) is 13.2 Å². The minimum absolute atomic E-state index is 0.00278. The minimum Gasteiger partial charge on any atom is -0.346 e. The molecule has 18 heavy (non-hydrogen) atoms. The molecule has 1 fully saturated rings. The van der Waals surface area contributed by atoms with E-state index in [0.717, 1.165) is 11.3 Å². The molecule has 1 aliphatic rings. The first-order valence-electron chi connectivity index (χ1n) is 5.22. The molecule has 0 spiro atoms. The third-order valence-electron chi connectivity index (χ3n) is 2.65. The number of sulfone groups is 1. The van der Waals surface area contributed by atoms with Crippen LogP contribution < -0.4 is 5.32 Å². The topological polar surface area (TPSA) is 106 Å². The first kappa shape index (κ1) is 11.5. The molecule has 96 valence electrons. The quantitative estimate of drug-likeness (QED) is 0.767. The Morgan fingerprint density at radius 2 is 2.39 bits per heavy atom. The Kier molecular flexibility index (Phi) is 2.55. The molecule has 0 radical (unpaired) electrons. The molecular weight excluding hydrogens is 278 g/mol. The predicted molar refractivity (Wildman–Crippen MR) is 63.2 cm³/mol. The van der Waals surface area contributed by atoms with Crippen molar-refractivity contribution in [1.82, 2.24) is 25.1 Å². The van der Waals surface area contributed by atoms with Gasteiger partial charge in [0.2, 0.25) is 9.97 Å². The van der Waals surface area contributed by atoms with Crippen molar-refractivity contribution in [2.75, 3.05) is 11.5 Å². The van der Waals surface area contributed by atoms with Crippen molar-refractivity contribution in [2.45, 2.75) is 12.5 Å². The lowest BCUT2D eigenvalue weighted by Gasteiger charge is -2.08. The maximum atomic E-state index is 11.9. The van der Waals surface area contributed by atoms with E-state index >= 15 is 0 Å². The lowest BCUT2D eigenvalue weighted by Crippen LogP contribution is -2.35. The van der Waals surface area contributed by atoms with E-state index in [-0.39, 0.29) is 28.5 Å². The van der Waals surface area contributed by atoms with Gasteiger partial charge in [0, 0.05) is 6.04 Å². The zero-order chi connectivity index (χ0) is 12.8. The van der Waals surface area contributed by atoms with Gasteiger partial charge in [0.05, 0.1) is 11.5 Å². The molecule has 2 aromatic heterocycles. The number of nitrogens with zero attached hydrogens (tertiary/aromatic N) is 4. The number of fused-ring (bicyclic) bond motifs is 1. The number of rotatable bonds is 2. The van der Waals surface area contributed by atoms with Gasteiger partial charge in [0.15, 0.2) is 9.84 Å². The summed E-state index contributed by atoms with van der Waals surface area (Å²) in [6.07, 6.45) is 1.86. The molecule has 3 heterocycles. The van der Waals surface area contributed by atoms with Crippen LogP contribution in [-0.4, -0.2) is 51.7 Å². The average molecular weight is 287 g/mol. The molecule has 2 aromatic rings. The van der Waals surface area contributed by atoms with Crippen LogP contribution in [0.25, 0.3) is 4.96 Å². The van der Waals surface area contributed by atoms with Gasteiger partial charge in [0.25, 0.3) is 5.91 Å². The van der Waals surface area contributed by atoms with E-state index in [1.54, 1.807) is 0 Å². The van der Waals surface area contributed by atoms with Crippen molar-refractivity contribution >= 4 is 32.0 Å². The molecule has 1 atom stereocenters. The fraction of sp³-hybridized carbons (Fsp3) is 0.500. The normalized spacial score (nSPS) is 22.3. The van der Waals surface area contributed by atoms with Crippen LogP contribution in [0.15, 0.2) is 6.33 Å². The summed E-state index contributed by atoms with van der Waals surface area (Å²) in [4.78, 5) is 12.4. The second-order valence-corrected chi connectivity index (χ2v) is 7.22. The highest BCUT2D eigenvalue weighted by Gasteiger charge is 2.29. The van der Waals surface area contributed by atoms with Gasteiger partial charge in [-0.2, -0.15) is 4.52 Å². The van der Waals surface area contributed by atoms with Crippen LogP contribution in [0.5, 0.6) is 0 Å². The second-order valence-electron chi connectivity index (χ2n) is 4.04. The van der Waals surface area contributed by atoms with Crippen LogP contribution in [-0.2, 0) is 9.84 Å². The Morgan fingerprint density at radius 3 is 3.06 bits per heavy atom. The van der Waals surface area contributed by atoms with Crippen LogP contribution >= 0.6 is 11.3 Å². The molecule has 1 N–H and O–H groups in total. The molecule has 1 unspecified atom stereocenters. The molecular formula is C8H9N5O3S2. The van der Waals surface area contributed by atoms with E-state index in [2.05, 4.69) is 20.6 Å². The first-order valence-corrected chi connectivity index (χ1v) is 7.85. The highest BCUT2D eigenvalue weighted by molar-refractivity contribution is 7.91. The number of carbonyl (C=O) groups excluding carboxylic acids is 1. The van der Waals surface area contributed by atoms with Crippen molar-refractivity contribution in [3.05, 3.63) is 11.3 Å². The summed E-state index contributed by atoms with van der Waals surface area (Å²) in [6.45, 7) is 0. The largest absolute Gasteiger partial charge is 0.346 e. The molecule has 8 nitrogen and oxygen atoms in total. The fourth-order valence-electron chi connectivity index (χ4n) is 1.81. The Hall–Kier alpha value is -1.55. The summed E-state index contributed by atoms with van der Waals surface area (Å²) in [5.41, 5.74) is 0. The van der Waals surface area contributed by atoms with Gasteiger partial charge in [-0.15, -0.1) is 15.3 Å². The standard InChI is InChI=1S/C8H9N5O3S2/c14-6(10-5-1-2-18(15,16)3-5)7-12-13-4-9-11-8(13)17-7/h4-5H,1-3H2,(H,10,14). The van der Waals surface area contributed by atoms with Gasteiger partial charge in [-0.1, -0.05) is 11.3 Å². The summed E-state index contributed by atoms with van der Waals surface area (Å²) < 4.78 is 24.0. The highest BCUT2D eigenvalue weighted by Crippen LogP contribution is 2.14. The number of hydrogen-bond donors (Lipinski definition) is 1. The van der Waals surface area contributed by atoms with E-state index in [4.69, 9.17) is 0 Å². The van der Waals surface area contributed by atoms with E-state index in [1.165, 1.54) is 10.8 Å². The van der Waals surface area contributed by atoms with Gasteiger partial charge in [0.1, 0.15) is 6.33 Å². The van der Waals surface area contributed by atoms with Crippen LogP contribution in [0.1, 0.15) is 16.2 Å². The molecule has 1 amide bonds. The number of nitrogens with one attached hydrogen (secondary N) is 1. The third kappa shape index (κ3) is 2.08. The minimum atomic E-state index is -3.00. The van der Waals surface area contributed by atoms with E-state index in [1.807, 2.05) is 0 Å². The Labute approximate surface area is 106 Å². The maximum Gasteiger partial charge on any atom is 0.282 e.